The predicted octanol–water partition coefficient (Wildman–Crippen LogP) is 2.99. The number of amides is 2. The van der Waals surface area contributed by atoms with Crippen molar-refractivity contribution >= 4 is 35.1 Å². The topological polar surface area (TPSA) is 82.7 Å². The van der Waals surface area contributed by atoms with E-state index in [1.165, 1.54) is 18.1 Å². The van der Waals surface area contributed by atoms with Gasteiger partial charge in [-0.15, -0.1) is 0 Å². The van der Waals surface area contributed by atoms with Crippen LogP contribution in [-0.2, 0) is 0 Å². The molecule has 21 heavy (non-hydrogen) atoms. The van der Waals surface area contributed by atoms with Crippen LogP contribution in [0.4, 0.5) is 10.5 Å². The number of H-pyrrole nitrogens is 1. The van der Waals surface area contributed by atoms with Gasteiger partial charge in [-0.1, -0.05) is 29.4 Å². The molecule has 0 unspecified atom stereocenters. The Morgan fingerprint density at radius 3 is 2.95 bits per heavy atom. The van der Waals surface area contributed by atoms with Gasteiger partial charge in [0, 0.05) is 23.0 Å². The molecule has 6 nitrogen and oxygen atoms in total. The summed E-state index contributed by atoms with van der Waals surface area (Å²) in [5.74, 6) is 0.704. The molecule has 8 heteroatoms. The molecular formula is C13H16ClN5OS. The minimum Gasteiger partial charge on any atom is -0.337 e. The molecule has 1 aromatic carbocycles. The third kappa shape index (κ3) is 4.37. The number of aromatic amines is 1. The van der Waals surface area contributed by atoms with E-state index in [-0.39, 0.29) is 6.03 Å². The number of nitrogens with zero attached hydrogens (tertiary/aromatic N) is 2. The molecular weight excluding hydrogens is 310 g/mol. The molecule has 0 radical (unpaired) electrons. The number of aryl methyl sites for hydroxylation is 1. The second kappa shape index (κ2) is 7.33. The summed E-state index contributed by atoms with van der Waals surface area (Å²) < 4.78 is 0. The molecule has 0 spiro atoms. The van der Waals surface area contributed by atoms with Crippen LogP contribution >= 0.6 is 23.4 Å². The van der Waals surface area contributed by atoms with Crippen LogP contribution in [0.1, 0.15) is 11.1 Å². The van der Waals surface area contributed by atoms with Crippen LogP contribution in [0, 0.1) is 13.8 Å². The van der Waals surface area contributed by atoms with Gasteiger partial charge in [0.1, 0.15) is 6.33 Å². The number of carbonyl (C=O) groups excluding carboxylic acids is 1. The van der Waals surface area contributed by atoms with Crippen molar-refractivity contribution in [2.75, 3.05) is 17.6 Å². The van der Waals surface area contributed by atoms with Crippen molar-refractivity contribution in [2.24, 2.45) is 0 Å². The zero-order valence-electron chi connectivity index (χ0n) is 11.7. The Bertz CT molecular complexity index is 617. The number of nitrogens with one attached hydrogen (secondary N) is 3. The SMILES string of the molecule is Cc1ccc(Cl)c(C)c1NC(=O)NCCSc1ncn[nH]1. The number of aromatic nitrogens is 3. The van der Waals surface area contributed by atoms with Crippen molar-refractivity contribution in [3.05, 3.63) is 34.6 Å². The number of thioether (sulfide) groups is 1. The Morgan fingerprint density at radius 1 is 1.43 bits per heavy atom. The first-order valence-electron chi connectivity index (χ1n) is 6.36. The molecule has 1 aromatic heterocycles. The van der Waals surface area contributed by atoms with Crippen LogP contribution in [-0.4, -0.2) is 33.5 Å². The fourth-order valence-corrected chi connectivity index (χ4v) is 2.54. The molecule has 0 aliphatic heterocycles. The maximum absolute atomic E-state index is 11.9. The Balaban J connectivity index is 1.81. The largest absolute Gasteiger partial charge is 0.337 e. The van der Waals surface area contributed by atoms with E-state index in [0.29, 0.717) is 17.3 Å². The van der Waals surface area contributed by atoms with Gasteiger partial charge in [-0.2, -0.15) is 5.10 Å². The van der Waals surface area contributed by atoms with Gasteiger partial charge in [0.2, 0.25) is 0 Å². The highest BCUT2D eigenvalue weighted by molar-refractivity contribution is 7.99. The molecule has 0 fully saturated rings. The van der Waals surface area contributed by atoms with Crippen molar-refractivity contribution in [3.8, 4) is 0 Å². The van der Waals surface area contributed by atoms with E-state index in [1.54, 1.807) is 0 Å². The zero-order chi connectivity index (χ0) is 15.2. The average Bonchev–Trinajstić information content (AvgIpc) is 2.97. The van der Waals surface area contributed by atoms with Gasteiger partial charge in [0.05, 0.1) is 0 Å². The molecule has 2 rings (SSSR count). The maximum atomic E-state index is 11.9. The molecule has 0 atom stereocenters. The lowest BCUT2D eigenvalue weighted by Crippen LogP contribution is -2.31. The number of carbonyl (C=O) groups is 1. The Kier molecular flexibility index (Phi) is 5.46. The number of hydrogen-bond acceptors (Lipinski definition) is 4. The highest BCUT2D eigenvalue weighted by atomic mass is 35.5. The fourth-order valence-electron chi connectivity index (χ4n) is 1.75. The van der Waals surface area contributed by atoms with Gasteiger partial charge in [0.15, 0.2) is 5.16 Å². The molecule has 112 valence electrons. The average molecular weight is 326 g/mol. The smallest absolute Gasteiger partial charge is 0.319 e. The van der Waals surface area contributed by atoms with Gasteiger partial charge < -0.3 is 10.6 Å². The van der Waals surface area contributed by atoms with E-state index < -0.39 is 0 Å². The third-order valence-electron chi connectivity index (χ3n) is 2.87. The zero-order valence-corrected chi connectivity index (χ0v) is 13.3. The highest BCUT2D eigenvalue weighted by Crippen LogP contribution is 2.26. The molecule has 2 aromatic rings. The summed E-state index contributed by atoms with van der Waals surface area (Å²) in [5, 5.41) is 13.5. The number of hydrogen-bond donors (Lipinski definition) is 3. The second-order valence-electron chi connectivity index (χ2n) is 4.38. The van der Waals surface area contributed by atoms with Crippen LogP contribution in [0.3, 0.4) is 0 Å². The summed E-state index contributed by atoms with van der Waals surface area (Å²) in [6, 6.07) is 3.45. The Labute approximate surface area is 132 Å². The minimum atomic E-state index is -0.248. The van der Waals surface area contributed by atoms with Crippen molar-refractivity contribution in [1.82, 2.24) is 20.5 Å². The molecule has 3 N–H and O–H groups in total. The first kappa shape index (κ1) is 15.7. The first-order chi connectivity index (χ1) is 10.1. The number of urea groups is 1. The number of anilines is 1. The lowest BCUT2D eigenvalue weighted by atomic mass is 10.1. The molecule has 0 bridgehead atoms. The summed E-state index contributed by atoms with van der Waals surface area (Å²) >= 11 is 7.55. The normalized spacial score (nSPS) is 10.4. The van der Waals surface area contributed by atoms with Crippen molar-refractivity contribution < 1.29 is 4.79 Å². The van der Waals surface area contributed by atoms with E-state index in [0.717, 1.165) is 22.0 Å². The molecule has 2 amide bonds. The third-order valence-corrected chi connectivity index (χ3v) is 4.15. The van der Waals surface area contributed by atoms with Gasteiger partial charge in [-0.25, -0.2) is 9.78 Å². The standard InChI is InChI=1S/C13H16ClN5OS/c1-8-3-4-10(14)9(2)11(8)18-12(20)15-5-6-21-13-16-7-17-19-13/h3-4,7H,5-6H2,1-2H3,(H2,15,18,20)(H,16,17,19). The summed E-state index contributed by atoms with van der Waals surface area (Å²) in [4.78, 5) is 15.9. The van der Waals surface area contributed by atoms with Crippen molar-refractivity contribution in [3.63, 3.8) is 0 Å². The molecule has 0 aliphatic rings. The van der Waals surface area contributed by atoms with E-state index in [4.69, 9.17) is 11.6 Å². The first-order valence-corrected chi connectivity index (χ1v) is 7.73. The van der Waals surface area contributed by atoms with E-state index in [1.807, 2.05) is 26.0 Å². The van der Waals surface area contributed by atoms with E-state index in [9.17, 15) is 4.79 Å². The van der Waals surface area contributed by atoms with Crippen LogP contribution < -0.4 is 10.6 Å². The van der Waals surface area contributed by atoms with Gasteiger partial charge >= 0.3 is 6.03 Å². The monoisotopic (exact) mass is 325 g/mol. The van der Waals surface area contributed by atoms with Crippen LogP contribution in [0.5, 0.6) is 0 Å². The van der Waals surface area contributed by atoms with Crippen LogP contribution in [0.25, 0.3) is 0 Å². The van der Waals surface area contributed by atoms with Crippen molar-refractivity contribution in [1.29, 1.82) is 0 Å². The molecule has 0 saturated carbocycles. The number of rotatable bonds is 5. The van der Waals surface area contributed by atoms with E-state index >= 15 is 0 Å². The van der Waals surface area contributed by atoms with Crippen molar-refractivity contribution in [2.45, 2.75) is 19.0 Å². The van der Waals surface area contributed by atoms with E-state index in [2.05, 4.69) is 25.8 Å². The number of benzene rings is 1. The maximum Gasteiger partial charge on any atom is 0.319 e. The Hall–Kier alpha value is -1.73. The van der Waals surface area contributed by atoms with Gasteiger partial charge in [-0.05, 0) is 31.0 Å². The Morgan fingerprint density at radius 2 is 2.24 bits per heavy atom. The lowest BCUT2D eigenvalue weighted by Gasteiger charge is -2.13. The summed E-state index contributed by atoms with van der Waals surface area (Å²) in [7, 11) is 0. The lowest BCUT2D eigenvalue weighted by molar-refractivity contribution is 0.252. The van der Waals surface area contributed by atoms with Gasteiger partial charge in [-0.3, -0.25) is 5.10 Å². The quantitative estimate of drug-likeness (QED) is 0.583. The predicted molar refractivity (Wildman–Crippen MR) is 85.1 cm³/mol. The molecule has 1 heterocycles. The van der Waals surface area contributed by atoms with Crippen LogP contribution in [0.15, 0.2) is 23.6 Å². The summed E-state index contributed by atoms with van der Waals surface area (Å²) in [6.45, 7) is 4.33. The van der Waals surface area contributed by atoms with Gasteiger partial charge in [0.25, 0.3) is 0 Å². The summed E-state index contributed by atoms with van der Waals surface area (Å²) in [6.07, 6.45) is 1.45. The minimum absolute atomic E-state index is 0.248. The fraction of sp³-hybridized carbons (Fsp3) is 0.308. The second-order valence-corrected chi connectivity index (χ2v) is 5.88. The van der Waals surface area contributed by atoms with Crippen LogP contribution in [0.2, 0.25) is 5.02 Å². The molecule has 0 aliphatic carbocycles. The molecule has 0 saturated heterocycles. The number of halogens is 1. The highest BCUT2D eigenvalue weighted by Gasteiger charge is 2.09. The summed E-state index contributed by atoms with van der Waals surface area (Å²) in [5.41, 5.74) is 2.59.